The maximum atomic E-state index is 9.37. The van der Waals surface area contributed by atoms with Crippen LogP contribution < -0.4 is 0 Å². The zero-order chi connectivity index (χ0) is 9.14. The fourth-order valence-corrected chi connectivity index (χ4v) is 2.37. The Balaban J connectivity index is 3.04. The van der Waals surface area contributed by atoms with Gasteiger partial charge in [0.05, 0.1) is 8.95 Å². The van der Waals surface area contributed by atoms with Crippen molar-refractivity contribution in [1.29, 1.82) is 0 Å². The van der Waals surface area contributed by atoms with Crippen molar-refractivity contribution in [2.45, 2.75) is 6.42 Å². The fraction of sp³-hybridized carbons (Fsp3) is 0.250. The van der Waals surface area contributed by atoms with Gasteiger partial charge >= 0.3 is 0 Å². The summed E-state index contributed by atoms with van der Waals surface area (Å²) >= 11 is 12.1. The molecule has 0 aliphatic heterocycles. The van der Waals surface area contributed by atoms with Crippen molar-refractivity contribution in [1.82, 2.24) is 0 Å². The van der Waals surface area contributed by atoms with Gasteiger partial charge in [0.25, 0.3) is 0 Å². The normalized spacial score (nSPS) is 10.2. The average Bonchev–Trinajstić information content (AvgIpc) is 2.01. The molecule has 1 nitrogen and oxygen atoms in total. The molecule has 66 valence electrons. The number of aromatic hydroxyl groups is 1. The second kappa shape index (κ2) is 4.49. The van der Waals surface area contributed by atoms with Crippen LogP contribution in [0, 0.1) is 0 Å². The molecule has 1 aromatic rings. The summed E-state index contributed by atoms with van der Waals surface area (Å²) in [5.74, 6) is 0.817. The molecule has 0 saturated heterocycles. The van der Waals surface area contributed by atoms with Gasteiger partial charge in [-0.3, -0.25) is 0 Å². The number of phenols is 1. The minimum Gasteiger partial charge on any atom is -0.506 e. The second-order valence-electron chi connectivity index (χ2n) is 2.35. The highest BCUT2D eigenvalue weighted by Crippen LogP contribution is 2.33. The number of hydrogen-bond donors (Lipinski definition) is 1. The van der Waals surface area contributed by atoms with Gasteiger partial charge in [-0.1, -0.05) is 0 Å². The van der Waals surface area contributed by atoms with E-state index in [0.717, 1.165) is 12.0 Å². The summed E-state index contributed by atoms with van der Waals surface area (Å²) < 4.78 is 1.38. The molecule has 0 spiro atoms. The summed E-state index contributed by atoms with van der Waals surface area (Å²) in [6.45, 7) is 0. The summed E-state index contributed by atoms with van der Waals surface area (Å²) in [6, 6.07) is 3.73. The molecule has 1 rings (SSSR count). The van der Waals surface area contributed by atoms with E-state index in [1.807, 2.05) is 12.1 Å². The third kappa shape index (κ3) is 2.38. The largest absolute Gasteiger partial charge is 0.506 e. The van der Waals surface area contributed by atoms with E-state index in [0.29, 0.717) is 14.8 Å². The highest BCUT2D eigenvalue weighted by Gasteiger charge is 2.04. The van der Waals surface area contributed by atoms with E-state index in [2.05, 4.69) is 31.9 Å². The predicted molar refractivity (Wildman–Crippen MR) is 57.9 cm³/mol. The highest BCUT2D eigenvalue weighted by molar-refractivity contribution is 9.11. The summed E-state index contributed by atoms with van der Waals surface area (Å²) in [5, 5.41) is 9.37. The predicted octanol–water partition coefficient (Wildman–Crippen LogP) is 3.70. The number of alkyl halides is 1. The SMILES string of the molecule is Oc1c(Br)cc(CCCl)cc1Br. The zero-order valence-corrected chi connectivity index (χ0v) is 10.1. The van der Waals surface area contributed by atoms with Crippen LogP contribution in [0.3, 0.4) is 0 Å². The minimum absolute atomic E-state index is 0.230. The summed E-state index contributed by atoms with van der Waals surface area (Å²) in [4.78, 5) is 0. The number of aryl methyl sites for hydroxylation is 1. The molecule has 0 aliphatic carbocycles. The molecular weight excluding hydrogens is 307 g/mol. The first-order valence-electron chi connectivity index (χ1n) is 3.38. The monoisotopic (exact) mass is 312 g/mol. The molecule has 0 aromatic heterocycles. The molecule has 0 radical (unpaired) electrons. The first kappa shape index (κ1) is 10.4. The first-order valence-corrected chi connectivity index (χ1v) is 5.50. The lowest BCUT2D eigenvalue weighted by molar-refractivity contribution is 0.468. The zero-order valence-electron chi connectivity index (χ0n) is 6.15. The van der Waals surface area contributed by atoms with Crippen LogP contribution in [0.4, 0.5) is 0 Å². The molecule has 0 heterocycles. The quantitative estimate of drug-likeness (QED) is 0.825. The summed E-state index contributed by atoms with van der Waals surface area (Å²) in [7, 11) is 0. The summed E-state index contributed by atoms with van der Waals surface area (Å²) in [5.41, 5.74) is 1.10. The maximum absolute atomic E-state index is 9.37. The highest BCUT2D eigenvalue weighted by atomic mass is 79.9. The van der Waals surface area contributed by atoms with E-state index in [9.17, 15) is 5.11 Å². The first-order chi connectivity index (χ1) is 5.65. The van der Waals surface area contributed by atoms with E-state index >= 15 is 0 Å². The average molecular weight is 314 g/mol. The number of rotatable bonds is 2. The van der Waals surface area contributed by atoms with Crippen LogP contribution in [0.2, 0.25) is 0 Å². The third-order valence-electron chi connectivity index (χ3n) is 1.46. The van der Waals surface area contributed by atoms with Crippen LogP contribution in [0.25, 0.3) is 0 Å². The fourth-order valence-electron chi connectivity index (χ4n) is 0.871. The Kier molecular flexibility index (Phi) is 3.87. The summed E-state index contributed by atoms with van der Waals surface area (Å²) in [6.07, 6.45) is 0.805. The van der Waals surface area contributed by atoms with Crippen LogP contribution in [-0.4, -0.2) is 11.0 Å². The smallest absolute Gasteiger partial charge is 0.143 e. The maximum Gasteiger partial charge on any atom is 0.143 e. The van der Waals surface area contributed by atoms with Gasteiger partial charge in [0.15, 0.2) is 0 Å². The van der Waals surface area contributed by atoms with Gasteiger partial charge < -0.3 is 5.11 Å². The topological polar surface area (TPSA) is 20.2 Å². The lowest BCUT2D eigenvalue weighted by atomic mass is 10.2. The Morgan fingerprint density at radius 1 is 1.25 bits per heavy atom. The van der Waals surface area contributed by atoms with Crippen molar-refractivity contribution < 1.29 is 5.11 Å². The van der Waals surface area contributed by atoms with Crippen LogP contribution in [0.5, 0.6) is 5.75 Å². The van der Waals surface area contributed by atoms with Gasteiger partial charge in [0.2, 0.25) is 0 Å². The number of hydrogen-bond acceptors (Lipinski definition) is 1. The van der Waals surface area contributed by atoms with Crippen molar-refractivity contribution in [3.05, 3.63) is 26.6 Å². The van der Waals surface area contributed by atoms with Gasteiger partial charge in [-0.05, 0) is 56.0 Å². The molecule has 1 N–H and O–H groups in total. The number of phenolic OH excluding ortho intramolecular Hbond substituents is 1. The van der Waals surface area contributed by atoms with Crippen molar-refractivity contribution >= 4 is 43.5 Å². The number of benzene rings is 1. The third-order valence-corrected chi connectivity index (χ3v) is 2.86. The van der Waals surface area contributed by atoms with Crippen LogP contribution in [0.1, 0.15) is 5.56 Å². The molecule has 4 heteroatoms. The molecule has 0 amide bonds. The molecule has 0 saturated carbocycles. The molecule has 0 unspecified atom stereocenters. The standard InChI is InChI=1S/C8H7Br2ClO/c9-6-3-5(1-2-11)4-7(10)8(6)12/h3-4,12H,1-2H2. The van der Waals surface area contributed by atoms with Gasteiger partial charge in [0, 0.05) is 5.88 Å². The van der Waals surface area contributed by atoms with E-state index < -0.39 is 0 Å². The second-order valence-corrected chi connectivity index (χ2v) is 4.43. The lowest BCUT2D eigenvalue weighted by Crippen LogP contribution is -1.86. The van der Waals surface area contributed by atoms with Gasteiger partial charge in [-0.2, -0.15) is 0 Å². The van der Waals surface area contributed by atoms with Crippen molar-refractivity contribution in [2.24, 2.45) is 0 Å². The van der Waals surface area contributed by atoms with Crippen LogP contribution >= 0.6 is 43.5 Å². The lowest BCUT2D eigenvalue weighted by Gasteiger charge is -2.03. The van der Waals surface area contributed by atoms with Crippen molar-refractivity contribution in [3.8, 4) is 5.75 Å². The Morgan fingerprint density at radius 2 is 1.75 bits per heavy atom. The number of halogens is 3. The Morgan fingerprint density at radius 3 is 2.17 bits per heavy atom. The van der Waals surface area contributed by atoms with E-state index in [1.165, 1.54) is 0 Å². The molecule has 0 bridgehead atoms. The van der Waals surface area contributed by atoms with Gasteiger partial charge in [-0.25, -0.2) is 0 Å². The molecule has 1 aromatic carbocycles. The van der Waals surface area contributed by atoms with Crippen molar-refractivity contribution in [2.75, 3.05) is 5.88 Å². The molecule has 0 fully saturated rings. The Hall–Kier alpha value is 0.270. The van der Waals surface area contributed by atoms with Gasteiger partial charge in [-0.15, -0.1) is 11.6 Å². The Bertz CT molecular complexity index is 265. The van der Waals surface area contributed by atoms with Gasteiger partial charge in [0.1, 0.15) is 5.75 Å². The molecular formula is C8H7Br2ClO. The van der Waals surface area contributed by atoms with E-state index in [1.54, 1.807) is 0 Å². The molecule has 0 aliphatic rings. The Labute approximate surface area is 93.0 Å². The van der Waals surface area contributed by atoms with Crippen LogP contribution in [-0.2, 0) is 6.42 Å². The van der Waals surface area contributed by atoms with Crippen LogP contribution in [0.15, 0.2) is 21.1 Å². The molecule has 12 heavy (non-hydrogen) atoms. The van der Waals surface area contributed by atoms with Crippen molar-refractivity contribution in [3.63, 3.8) is 0 Å². The van der Waals surface area contributed by atoms with E-state index in [-0.39, 0.29) is 5.75 Å². The minimum atomic E-state index is 0.230. The molecule has 0 atom stereocenters. The van der Waals surface area contributed by atoms with E-state index in [4.69, 9.17) is 11.6 Å².